The van der Waals surface area contributed by atoms with Crippen LogP contribution in [0.5, 0.6) is 0 Å². The molecule has 0 spiro atoms. The summed E-state index contributed by atoms with van der Waals surface area (Å²) in [6.07, 6.45) is 10.3. The van der Waals surface area contributed by atoms with Crippen LogP contribution in [0.25, 0.3) is 0 Å². The zero-order valence-corrected chi connectivity index (χ0v) is 11.4. The van der Waals surface area contributed by atoms with Gasteiger partial charge in [0.05, 0.1) is 0 Å². The zero-order chi connectivity index (χ0) is 12.1. The molecule has 0 unspecified atom stereocenters. The minimum absolute atomic E-state index is 0. The van der Waals surface area contributed by atoms with Gasteiger partial charge in [-0.15, -0.1) is 0 Å². The minimum Gasteiger partial charge on any atom is -0.412 e. The fraction of sp³-hybridized carbons (Fsp3) is 0.800. The molecule has 1 amide bonds. The number of amides is 1. The fourth-order valence-corrected chi connectivity index (χ4v) is 4.95. The zero-order valence-electron chi connectivity index (χ0n) is 11.4. The molecule has 4 rings (SSSR count). The van der Waals surface area contributed by atoms with Crippen LogP contribution in [0.15, 0.2) is 12.2 Å². The Kier molecular flexibility index (Phi) is 3.39. The molecule has 4 aliphatic rings. The van der Waals surface area contributed by atoms with Crippen LogP contribution in [-0.4, -0.2) is 52.9 Å². The normalized spacial score (nSPS) is 41.3. The standard InChI is InChI=1S/C15H22N2O.H2O/c18-14-7-1-6-13-12-5-3-9-16-8-2-4-11(15(12)16)10-17(13)14;/h1,7,11-13,15H,2-6,8-10H2;1H2/t11-,12+,13+,15-;/m0./s1. The summed E-state index contributed by atoms with van der Waals surface area (Å²) in [5, 5.41) is 0. The molecule has 0 aromatic heterocycles. The number of piperidine rings is 3. The van der Waals surface area contributed by atoms with Gasteiger partial charge in [-0.2, -0.15) is 0 Å². The molecule has 0 aliphatic carbocycles. The van der Waals surface area contributed by atoms with Crippen LogP contribution in [-0.2, 0) is 4.79 Å². The second-order valence-corrected chi connectivity index (χ2v) is 6.43. The van der Waals surface area contributed by atoms with Crippen LogP contribution in [0.2, 0.25) is 0 Å². The average molecular weight is 264 g/mol. The number of rotatable bonds is 0. The summed E-state index contributed by atoms with van der Waals surface area (Å²) in [4.78, 5) is 17.0. The maximum Gasteiger partial charge on any atom is 0.246 e. The number of hydrogen-bond donors (Lipinski definition) is 0. The van der Waals surface area contributed by atoms with Crippen LogP contribution in [0.1, 0.15) is 32.1 Å². The summed E-state index contributed by atoms with van der Waals surface area (Å²) in [5.41, 5.74) is 0. The molecule has 19 heavy (non-hydrogen) atoms. The number of fused-ring (bicyclic) bond motifs is 2. The van der Waals surface area contributed by atoms with Gasteiger partial charge in [-0.1, -0.05) is 6.08 Å². The fourth-order valence-electron chi connectivity index (χ4n) is 4.95. The van der Waals surface area contributed by atoms with Crippen molar-refractivity contribution in [2.45, 2.75) is 44.2 Å². The predicted octanol–water partition coefficient (Wildman–Crippen LogP) is 0.823. The SMILES string of the molecule is O.O=C1C=CC[C@@H]2[C@H]3CCCN4CCC[C@@H](CN12)[C@@H]34. The third-order valence-corrected chi connectivity index (χ3v) is 5.59. The van der Waals surface area contributed by atoms with Gasteiger partial charge in [0.2, 0.25) is 5.91 Å². The van der Waals surface area contributed by atoms with Gasteiger partial charge in [-0.25, -0.2) is 0 Å². The van der Waals surface area contributed by atoms with E-state index in [-0.39, 0.29) is 11.4 Å². The monoisotopic (exact) mass is 264 g/mol. The second kappa shape index (κ2) is 4.91. The summed E-state index contributed by atoms with van der Waals surface area (Å²) >= 11 is 0. The average Bonchev–Trinajstić information content (AvgIpc) is 2.41. The van der Waals surface area contributed by atoms with E-state index in [0.29, 0.717) is 6.04 Å². The van der Waals surface area contributed by atoms with E-state index in [1.54, 1.807) is 6.08 Å². The highest BCUT2D eigenvalue weighted by Gasteiger charge is 2.49. The first kappa shape index (κ1) is 13.1. The molecule has 4 heterocycles. The summed E-state index contributed by atoms with van der Waals surface area (Å²) in [6.45, 7) is 3.62. The molecular formula is C15H24N2O2. The lowest BCUT2D eigenvalue weighted by Crippen LogP contribution is -2.65. The Labute approximate surface area is 114 Å². The summed E-state index contributed by atoms with van der Waals surface area (Å²) < 4.78 is 0. The van der Waals surface area contributed by atoms with Gasteiger partial charge in [-0.3, -0.25) is 9.69 Å². The van der Waals surface area contributed by atoms with Gasteiger partial charge in [0.1, 0.15) is 0 Å². The summed E-state index contributed by atoms with van der Waals surface area (Å²) in [6, 6.07) is 1.29. The van der Waals surface area contributed by atoms with E-state index in [2.05, 4.69) is 15.9 Å². The lowest BCUT2D eigenvalue weighted by molar-refractivity contribution is -0.141. The van der Waals surface area contributed by atoms with Crippen LogP contribution in [0, 0.1) is 11.8 Å². The van der Waals surface area contributed by atoms with Crippen molar-refractivity contribution in [1.82, 2.24) is 9.80 Å². The third kappa shape index (κ3) is 1.93. The van der Waals surface area contributed by atoms with Crippen molar-refractivity contribution < 1.29 is 10.3 Å². The highest BCUT2D eigenvalue weighted by molar-refractivity contribution is 5.88. The molecule has 4 heteroatoms. The van der Waals surface area contributed by atoms with E-state index in [0.717, 1.165) is 30.8 Å². The minimum atomic E-state index is 0. The Hall–Kier alpha value is -0.870. The van der Waals surface area contributed by atoms with Crippen molar-refractivity contribution in [1.29, 1.82) is 0 Å². The van der Waals surface area contributed by atoms with E-state index >= 15 is 0 Å². The number of nitrogens with zero attached hydrogens (tertiary/aromatic N) is 2. The number of hydrogen-bond acceptors (Lipinski definition) is 2. The Morgan fingerprint density at radius 1 is 1.16 bits per heavy atom. The summed E-state index contributed by atoms with van der Waals surface area (Å²) in [5.74, 6) is 1.76. The van der Waals surface area contributed by atoms with E-state index in [1.807, 2.05) is 0 Å². The molecule has 4 aliphatic heterocycles. The lowest BCUT2D eigenvalue weighted by atomic mass is 9.68. The molecule has 2 N–H and O–H groups in total. The molecule has 0 aromatic rings. The number of carbonyl (C=O) groups excluding carboxylic acids is 1. The number of carbonyl (C=O) groups is 1. The first-order valence-electron chi connectivity index (χ1n) is 7.56. The Bertz CT molecular complexity index is 394. The largest absolute Gasteiger partial charge is 0.412 e. The van der Waals surface area contributed by atoms with E-state index in [1.165, 1.54) is 38.8 Å². The highest BCUT2D eigenvalue weighted by Crippen LogP contribution is 2.43. The molecule has 0 bridgehead atoms. The van der Waals surface area contributed by atoms with Crippen molar-refractivity contribution >= 4 is 5.91 Å². The smallest absolute Gasteiger partial charge is 0.246 e. The molecule has 3 saturated heterocycles. The van der Waals surface area contributed by atoms with Gasteiger partial charge >= 0.3 is 0 Å². The summed E-state index contributed by atoms with van der Waals surface area (Å²) in [7, 11) is 0. The predicted molar refractivity (Wildman–Crippen MR) is 73.7 cm³/mol. The third-order valence-electron chi connectivity index (χ3n) is 5.59. The van der Waals surface area contributed by atoms with Gasteiger partial charge in [-0.05, 0) is 63.1 Å². The molecule has 106 valence electrons. The Morgan fingerprint density at radius 3 is 2.79 bits per heavy atom. The molecule has 4 nitrogen and oxygen atoms in total. The van der Waals surface area contributed by atoms with Crippen molar-refractivity contribution in [3.63, 3.8) is 0 Å². The Morgan fingerprint density at radius 2 is 1.95 bits per heavy atom. The van der Waals surface area contributed by atoms with Crippen LogP contribution >= 0.6 is 0 Å². The maximum absolute atomic E-state index is 12.1. The molecular weight excluding hydrogens is 240 g/mol. The van der Waals surface area contributed by atoms with Gasteiger partial charge in [0.25, 0.3) is 0 Å². The molecule has 0 saturated carbocycles. The molecule has 4 atom stereocenters. The maximum atomic E-state index is 12.1. The second-order valence-electron chi connectivity index (χ2n) is 6.43. The van der Waals surface area contributed by atoms with Crippen molar-refractivity contribution in [2.75, 3.05) is 19.6 Å². The van der Waals surface area contributed by atoms with Crippen LogP contribution < -0.4 is 0 Å². The van der Waals surface area contributed by atoms with E-state index < -0.39 is 0 Å². The van der Waals surface area contributed by atoms with Gasteiger partial charge in [0.15, 0.2) is 0 Å². The lowest BCUT2D eigenvalue weighted by Gasteiger charge is -2.57. The van der Waals surface area contributed by atoms with Crippen molar-refractivity contribution in [3.8, 4) is 0 Å². The van der Waals surface area contributed by atoms with Crippen molar-refractivity contribution in [2.24, 2.45) is 11.8 Å². The molecule has 0 radical (unpaired) electrons. The molecule has 3 fully saturated rings. The van der Waals surface area contributed by atoms with Crippen molar-refractivity contribution in [3.05, 3.63) is 12.2 Å². The van der Waals surface area contributed by atoms with E-state index in [9.17, 15) is 4.79 Å². The van der Waals surface area contributed by atoms with Crippen LogP contribution in [0.3, 0.4) is 0 Å². The highest BCUT2D eigenvalue weighted by atomic mass is 16.2. The topological polar surface area (TPSA) is 55.1 Å². The van der Waals surface area contributed by atoms with Crippen LogP contribution in [0.4, 0.5) is 0 Å². The molecule has 0 aromatic carbocycles. The van der Waals surface area contributed by atoms with Gasteiger partial charge < -0.3 is 10.4 Å². The van der Waals surface area contributed by atoms with E-state index in [4.69, 9.17) is 0 Å². The Balaban J connectivity index is 0.00000110. The first-order chi connectivity index (χ1) is 8.84. The quantitative estimate of drug-likeness (QED) is 0.650. The van der Waals surface area contributed by atoms with Gasteiger partial charge in [0, 0.05) is 18.6 Å². The first-order valence-corrected chi connectivity index (χ1v) is 7.56.